The first kappa shape index (κ1) is 42.4. The number of H-pyrrole nitrogens is 1. The van der Waals surface area contributed by atoms with Gasteiger partial charge in [-0.05, 0) is 84.1 Å². The first-order chi connectivity index (χ1) is 30.3. The summed E-state index contributed by atoms with van der Waals surface area (Å²) in [6.45, 7) is 7.26. The predicted octanol–water partition coefficient (Wildman–Crippen LogP) is 9.02. The molecule has 0 aliphatic carbocycles. The van der Waals surface area contributed by atoms with E-state index in [2.05, 4.69) is 94.6 Å². The fourth-order valence-electron chi connectivity index (χ4n) is 9.44. The van der Waals surface area contributed by atoms with E-state index in [1.807, 2.05) is 65.8 Å². The first-order valence-corrected chi connectivity index (χ1v) is 22.1. The Morgan fingerprint density at radius 2 is 1.40 bits per heavy atom. The summed E-state index contributed by atoms with van der Waals surface area (Å²) < 4.78 is 4.86. The third-order valence-electron chi connectivity index (χ3n) is 12.7. The topological polar surface area (TPSA) is 123 Å². The van der Waals surface area contributed by atoms with Crippen LogP contribution >= 0.6 is 0 Å². The number of hydrogen-bond acceptors (Lipinski definition) is 7. The Hall–Kier alpha value is -6.33. The van der Waals surface area contributed by atoms with Crippen molar-refractivity contribution < 1.29 is 19.1 Å². The number of methoxy groups -OCH3 is 1. The van der Waals surface area contributed by atoms with Crippen LogP contribution in [0.25, 0.3) is 28.0 Å². The number of allylic oxidation sites excluding steroid dienone is 1. The molecule has 1 aromatic heterocycles. The van der Waals surface area contributed by atoms with E-state index < -0.39 is 12.1 Å². The predicted molar refractivity (Wildman–Crippen MR) is 244 cm³/mol. The Balaban J connectivity index is 0.880. The van der Waals surface area contributed by atoms with Gasteiger partial charge in [0.05, 0.1) is 31.1 Å². The molecule has 0 bridgehead atoms. The van der Waals surface area contributed by atoms with Crippen LogP contribution in [-0.2, 0) is 20.7 Å². The van der Waals surface area contributed by atoms with Crippen molar-refractivity contribution in [3.63, 3.8) is 0 Å². The molecule has 3 amide bonds. The number of aromatic amines is 1. The molecule has 3 aliphatic rings. The molecule has 2 fully saturated rings. The van der Waals surface area contributed by atoms with Crippen molar-refractivity contribution in [2.24, 2.45) is 4.99 Å². The Kier molecular flexibility index (Phi) is 13.4. The number of ether oxygens (including phenoxy) is 1. The second-order valence-corrected chi connectivity index (χ2v) is 16.5. The van der Waals surface area contributed by atoms with Crippen LogP contribution < -0.4 is 5.32 Å². The van der Waals surface area contributed by atoms with Gasteiger partial charge < -0.3 is 24.8 Å². The summed E-state index contributed by atoms with van der Waals surface area (Å²) in [5, 5.41) is 2.86. The number of aromatic nitrogens is 2. The summed E-state index contributed by atoms with van der Waals surface area (Å²) in [4.78, 5) is 59.6. The first-order valence-electron chi connectivity index (χ1n) is 22.1. The quantitative estimate of drug-likeness (QED) is 0.109. The van der Waals surface area contributed by atoms with Gasteiger partial charge in [0.2, 0.25) is 11.8 Å². The number of nitrogens with one attached hydrogen (secondary N) is 2. The van der Waals surface area contributed by atoms with Crippen molar-refractivity contribution in [2.45, 2.75) is 83.0 Å². The lowest BCUT2D eigenvalue weighted by atomic mass is 9.96. The van der Waals surface area contributed by atoms with E-state index >= 15 is 0 Å². The van der Waals surface area contributed by atoms with E-state index in [0.717, 1.165) is 102 Å². The highest BCUT2D eigenvalue weighted by molar-refractivity contribution is 6.03. The van der Waals surface area contributed by atoms with Crippen LogP contribution in [0.1, 0.15) is 87.0 Å². The molecular formula is C51H57N7O4. The molecule has 0 saturated carbocycles. The average Bonchev–Trinajstić information content (AvgIpc) is 4.16. The number of benzene rings is 4. The van der Waals surface area contributed by atoms with E-state index in [-0.39, 0.29) is 36.4 Å². The van der Waals surface area contributed by atoms with Crippen LogP contribution in [0.4, 0.5) is 4.79 Å². The van der Waals surface area contributed by atoms with Crippen molar-refractivity contribution >= 4 is 29.2 Å². The monoisotopic (exact) mass is 831 g/mol. The maximum atomic E-state index is 14.3. The van der Waals surface area contributed by atoms with Crippen LogP contribution in [0.15, 0.2) is 127 Å². The van der Waals surface area contributed by atoms with E-state index in [4.69, 9.17) is 14.7 Å². The maximum absolute atomic E-state index is 14.3. The minimum atomic E-state index is -0.549. The summed E-state index contributed by atoms with van der Waals surface area (Å²) in [7, 11) is 1.33. The zero-order valence-electron chi connectivity index (χ0n) is 36.0. The number of alkyl carbamates (subject to hydrolysis) is 1. The smallest absolute Gasteiger partial charge is 0.407 e. The number of rotatable bonds is 15. The SMILES string of the molecule is CCN(CC)C(C(=O)N1CCC[C@H]1C1=NC=C(c2ccc(-c3ccc(-c4cnc([C@@H]5CCCN5C(=O)C[C@H](Cc5ccccc5)NC(=O)OC)[nH]4)cc3)cc2)C1)c1ccccc1. The molecule has 11 nitrogen and oxygen atoms in total. The number of amides is 3. The van der Waals surface area contributed by atoms with Crippen LogP contribution in [-0.4, -0.2) is 93.7 Å². The number of likely N-dealkylation sites (N-methyl/N-ethyl adjacent to an activating group) is 1. The Labute approximate surface area is 364 Å². The van der Waals surface area contributed by atoms with Gasteiger partial charge in [-0.2, -0.15) is 0 Å². The molecule has 320 valence electrons. The van der Waals surface area contributed by atoms with Gasteiger partial charge in [0.15, 0.2) is 0 Å². The van der Waals surface area contributed by atoms with Gasteiger partial charge >= 0.3 is 6.09 Å². The number of carbonyl (C=O) groups is 3. The fourth-order valence-corrected chi connectivity index (χ4v) is 9.44. The van der Waals surface area contributed by atoms with Crippen LogP contribution in [0.2, 0.25) is 0 Å². The summed E-state index contributed by atoms with van der Waals surface area (Å²) >= 11 is 0. The number of aliphatic imine (C=N–C) groups is 1. The molecule has 0 spiro atoms. The highest BCUT2D eigenvalue weighted by Gasteiger charge is 2.39. The van der Waals surface area contributed by atoms with Crippen LogP contribution in [0.3, 0.4) is 0 Å². The summed E-state index contributed by atoms with van der Waals surface area (Å²) in [5.41, 5.74) is 9.60. The lowest BCUT2D eigenvalue weighted by molar-refractivity contribution is -0.137. The van der Waals surface area contributed by atoms with Crippen molar-refractivity contribution in [2.75, 3.05) is 33.3 Å². The fraction of sp³-hybridized carbons (Fsp3) is 0.353. The zero-order valence-corrected chi connectivity index (χ0v) is 36.0. The van der Waals surface area contributed by atoms with E-state index in [1.165, 1.54) is 12.7 Å². The van der Waals surface area contributed by atoms with Gasteiger partial charge in [0, 0.05) is 43.9 Å². The van der Waals surface area contributed by atoms with Crippen molar-refractivity contribution in [3.05, 3.63) is 144 Å². The van der Waals surface area contributed by atoms with Gasteiger partial charge in [0.1, 0.15) is 11.9 Å². The Morgan fingerprint density at radius 3 is 2.06 bits per heavy atom. The van der Waals surface area contributed by atoms with E-state index in [9.17, 15) is 14.4 Å². The number of hydrogen-bond donors (Lipinski definition) is 2. The second-order valence-electron chi connectivity index (χ2n) is 16.5. The zero-order chi connectivity index (χ0) is 43.0. The number of nitrogens with zero attached hydrogens (tertiary/aromatic N) is 5. The number of carbonyl (C=O) groups excluding carboxylic acids is 3. The molecule has 62 heavy (non-hydrogen) atoms. The molecule has 0 radical (unpaired) electrons. The van der Waals surface area contributed by atoms with Crippen LogP contribution in [0, 0.1) is 0 Å². The van der Waals surface area contributed by atoms with Gasteiger partial charge in [-0.25, -0.2) is 9.78 Å². The van der Waals surface area contributed by atoms with Gasteiger partial charge in [-0.15, -0.1) is 0 Å². The third-order valence-corrected chi connectivity index (χ3v) is 12.7. The minimum Gasteiger partial charge on any atom is -0.453 e. The number of likely N-dealkylation sites (tertiary alicyclic amines) is 2. The highest BCUT2D eigenvalue weighted by atomic mass is 16.5. The molecule has 2 saturated heterocycles. The third kappa shape index (κ3) is 9.43. The van der Waals surface area contributed by atoms with Crippen molar-refractivity contribution in [1.82, 2.24) is 30.0 Å². The largest absolute Gasteiger partial charge is 0.453 e. The minimum absolute atomic E-state index is 0.0149. The van der Waals surface area contributed by atoms with Crippen molar-refractivity contribution in [3.8, 4) is 22.4 Å². The Bertz CT molecular complexity index is 2370. The van der Waals surface area contributed by atoms with Gasteiger partial charge in [-0.3, -0.25) is 19.5 Å². The van der Waals surface area contributed by atoms with Crippen LogP contribution in [0.5, 0.6) is 0 Å². The lowest BCUT2D eigenvalue weighted by Gasteiger charge is -2.35. The number of imidazole rings is 1. The molecule has 4 atom stereocenters. The molecule has 5 aromatic rings. The van der Waals surface area contributed by atoms with E-state index in [0.29, 0.717) is 13.0 Å². The van der Waals surface area contributed by atoms with Crippen molar-refractivity contribution in [1.29, 1.82) is 0 Å². The Morgan fingerprint density at radius 1 is 0.790 bits per heavy atom. The molecule has 8 rings (SSSR count). The second kappa shape index (κ2) is 19.6. The molecule has 3 aliphatic heterocycles. The van der Waals surface area contributed by atoms with E-state index in [1.54, 1.807) is 0 Å². The highest BCUT2D eigenvalue weighted by Crippen LogP contribution is 2.35. The van der Waals surface area contributed by atoms with Gasteiger partial charge in [0.25, 0.3) is 0 Å². The molecule has 4 heterocycles. The molecule has 11 heteroatoms. The molecule has 4 aromatic carbocycles. The molecule has 2 N–H and O–H groups in total. The maximum Gasteiger partial charge on any atom is 0.407 e. The molecular weight excluding hydrogens is 775 g/mol. The lowest BCUT2D eigenvalue weighted by Crippen LogP contribution is -2.47. The van der Waals surface area contributed by atoms with Gasteiger partial charge in [-0.1, -0.05) is 123 Å². The standard InChI is InChI=1S/C51H57N7O4/c1-4-56(5-2)48(40-16-10-7-11-17-40)50(60)58-29-12-18-45(58)43-31-41(33-52-43)38-22-20-36(21-23-38)37-24-26-39(27-25-37)44-34-53-49(55-44)46-19-13-28-57(46)47(59)32-42(54-51(61)62-3)30-35-14-8-6-9-15-35/h6-11,14-17,20-27,33-34,42,45-46,48H,4-5,12-13,18-19,28-32H2,1-3H3,(H,53,55)(H,54,61)/t42-,45-,46-,48?/m0/s1. The summed E-state index contributed by atoms with van der Waals surface area (Å²) in [6, 6.07) is 36.3. The normalized spacial score (nSPS) is 18.4. The summed E-state index contributed by atoms with van der Waals surface area (Å²) in [6.07, 6.45) is 8.33. The molecule has 1 unspecified atom stereocenters. The summed E-state index contributed by atoms with van der Waals surface area (Å²) in [5.74, 6) is 0.916. The average molecular weight is 832 g/mol.